The summed E-state index contributed by atoms with van der Waals surface area (Å²) in [6.45, 7) is -0.301. The van der Waals surface area contributed by atoms with Gasteiger partial charge in [0.1, 0.15) is 5.82 Å². The third-order valence-corrected chi connectivity index (χ3v) is 5.94. The van der Waals surface area contributed by atoms with Crippen molar-refractivity contribution in [1.29, 1.82) is 0 Å². The zero-order valence-electron chi connectivity index (χ0n) is 14.9. The van der Waals surface area contributed by atoms with Crippen LogP contribution in [0.15, 0.2) is 52.3 Å². The van der Waals surface area contributed by atoms with E-state index in [4.69, 9.17) is 5.11 Å². The number of carbonyl (C=O) groups excluding carboxylic acids is 2. The monoisotopic (exact) mass is 434 g/mol. The van der Waals surface area contributed by atoms with E-state index in [-0.39, 0.29) is 29.3 Å². The second kappa shape index (κ2) is 9.21. The number of benzene rings is 2. The summed E-state index contributed by atoms with van der Waals surface area (Å²) in [5, 5.41) is 19.7. The lowest BCUT2D eigenvalue weighted by Gasteiger charge is -2.12. The van der Waals surface area contributed by atoms with Crippen molar-refractivity contribution >= 4 is 46.4 Å². The van der Waals surface area contributed by atoms with Crippen LogP contribution in [0, 0.1) is 15.9 Å². The van der Waals surface area contributed by atoms with Crippen LogP contribution in [0.5, 0.6) is 0 Å². The average molecular weight is 434 g/mol. The van der Waals surface area contributed by atoms with Crippen molar-refractivity contribution in [2.75, 3.05) is 12.4 Å². The molecule has 1 aliphatic heterocycles. The Labute approximate surface area is 173 Å². The van der Waals surface area contributed by atoms with E-state index in [0.717, 1.165) is 16.7 Å². The Kier molecular flexibility index (Phi) is 6.68. The summed E-state index contributed by atoms with van der Waals surface area (Å²) in [4.78, 5) is 37.0. The van der Waals surface area contributed by atoms with Crippen molar-refractivity contribution in [3.63, 3.8) is 0 Å². The fourth-order valence-corrected chi connectivity index (χ4v) is 4.22. The normalized spacial score (nSPS) is 15.4. The second-order valence-electron chi connectivity index (χ2n) is 5.92. The van der Waals surface area contributed by atoms with Crippen LogP contribution in [0.4, 0.5) is 14.9 Å². The Morgan fingerprint density at radius 3 is 2.69 bits per heavy atom. The maximum Gasteiger partial charge on any atom is 0.293 e. The van der Waals surface area contributed by atoms with E-state index in [0.29, 0.717) is 28.0 Å². The molecule has 0 aromatic heterocycles. The molecule has 10 heteroatoms. The Morgan fingerprint density at radius 1 is 1.24 bits per heavy atom. The number of hydrogen-bond donors (Lipinski definition) is 1. The molecule has 1 heterocycles. The smallest absolute Gasteiger partial charge is 0.293 e. The molecule has 0 radical (unpaired) electrons. The molecular weight excluding hydrogens is 419 g/mol. The Bertz CT molecular complexity index is 1010. The van der Waals surface area contributed by atoms with Gasteiger partial charge in [-0.25, -0.2) is 4.39 Å². The van der Waals surface area contributed by atoms with Gasteiger partial charge in [-0.2, -0.15) is 0 Å². The fourth-order valence-electron chi connectivity index (χ4n) is 2.63. The van der Waals surface area contributed by atoms with E-state index in [1.165, 1.54) is 36.4 Å². The number of nitro benzene ring substituents is 1. The molecule has 1 N–H and O–H groups in total. The van der Waals surface area contributed by atoms with Crippen LogP contribution in [0.1, 0.15) is 11.1 Å². The quantitative estimate of drug-likeness (QED) is 0.304. The maximum atomic E-state index is 13.8. The van der Waals surface area contributed by atoms with E-state index in [1.807, 2.05) is 0 Å². The molecule has 0 spiro atoms. The van der Waals surface area contributed by atoms with Gasteiger partial charge in [0.2, 0.25) is 0 Å². The summed E-state index contributed by atoms with van der Waals surface area (Å²) >= 11 is 1.85. The lowest BCUT2D eigenvalue weighted by molar-refractivity contribution is -0.387. The first-order chi connectivity index (χ1) is 13.9. The van der Waals surface area contributed by atoms with E-state index >= 15 is 0 Å². The molecule has 2 amide bonds. The summed E-state index contributed by atoms with van der Waals surface area (Å²) in [6.07, 6.45) is 1.40. The van der Waals surface area contributed by atoms with Crippen molar-refractivity contribution in [1.82, 2.24) is 4.90 Å². The molecule has 3 rings (SSSR count). The molecule has 150 valence electrons. The predicted molar refractivity (Wildman–Crippen MR) is 109 cm³/mol. The van der Waals surface area contributed by atoms with Gasteiger partial charge in [0, 0.05) is 17.4 Å². The van der Waals surface area contributed by atoms with Gasteiger partial charge in [-0.1, -0.05) is 24.3 Å². The number of hydrogen-bond acceptors (Lipinski definition) is 7. The van der Waals surface area contributed by atoms with Gasteiger partial charge < -0.3 is 5.11 Å². The first-order valence-electron chi connectivity index (χ1n) is 8.41. The first-order valence-corrected chi connectivity index (χ1v) is 10.2. The van der Waals surface area contributed by atoms with Crippen LogP contribution < -0.4 is 0 Å². The summed E-state index contributed by atoms with van der Waals surface area (Å²) in [5.74, 6) is -0.776. The van der Waals surface area contributed by atoms with Crippen molar-refractivity contribution < 1.29 is 24.0 Å². The minimum absolute atomic E-state index is 0.108. The summed E-state index contributed by atoms with van der Waals surface area (Å²) in [6, 6.07) is 10.3. The summed E-state index contributed by atoms with van der Waals surface area (Å²) in [5.41, 5.74) is 0.459. The van der Waals surface area contributed by atoms with E-state index in [9.17, 15) is 24.1 Å². The highest BCUT2D eigenvalue weighted by Crippen LogP contribution is 2.35. The highest BCUT2D eigenvalue weighted by atomic mass is 32.2. The molecule has 0 aliphatic carbocycles. The molecule has 2 aromatic carbocycles. The van der Waals surface area contributed by atoms with Gasteiger partial charge >= 0.3 is 0 Å². The lowest BCUT2D eigenvalue weighted by Crippen LogP contribution is -2.27. The van der Waals surface area contributed by atoms with E-state index in [2.05, 4.69) is 0 Å². The molecule has 0 bridgehead atoms. The zero-order chi connectivity index (χ0) is 21.0. The van der Waals surface area contributed by atoms with E-state index in [1.54, 1.807) is 12.1 Å². The second-order valence-corrected chi connectivity index (χ2v) is 8.05. The molecule has 7 nitrogen and oxygen atoms in total. The largest absolute Gasteiger partial charge is 0.396 e. The summed E-state index contributed by atoms with van der Waals surface area (Å²) < 4.78 is 13.8. The third kappa shape index (κ3) is 4.84. The number of aliphatic hydroxyl groups is 1. The number of aliphatic hydroxyl groups excluding tert-OH is 1. The number of imide groups is 1. The number of halogens is 1. The zero-order valence-corrected chi connectivity index (χ0v) is 16.5. The molecule has 29 heavy (non-hydrogen) atoms. The highest BCUT2D eigenvalue weighted by Gasteiger charge is 2.35. The number of thioether (sulfide) groups is 2. The van der Waals surface area contributed by atoms with Crippen LogP contribution in [-0.4, -0.2) is 38.4 Å². The van der Waals surface area contributed by atoms with Crippen LogP contribution in [-0.2, 0) is 11.3 Å². The Hall–Kier alpha value is -2.69. The molecule has 1 aliphatic rings. The fraction of sp³-hybridized carbons (Fsp3) is 0.158. The predicted octanol–water partition coefficient (Wildman–Crippen LogP) is 4.05. The van der Waals surface area contributed by atoms with Crippen molar-refractivity contribution in [3.8, 4) is 0 Å². The lowest BCUT2D eigenvalue weighted by atomic mass is 10.1. The third-order valence-electron chi connectivity index (χ3n) is 3.99. The highest BCUT2D eigenvalue weighted by molar-refractivity contribution is 8.18. The average Bonchev–Trinajstić information content (AvgIpc) is 2.95. The minimum atomic E-state index is -0.579. The van der Waals surface area contributed by atoms with Crippen LogP contribution in [0.2, 0.25) is 0 Å². The molecule has 0 unspecified atom stereocenters. The van der Waals surface area contributed by atoms with Crippen molar-refractivity contribution in [2.45, 2.75) is 11.4 Å². The number of nitrogens with zero attached hydrogens (tertiary/aromatic N) is 2. The Morgan fingerprint density at radius 2 is 2.00 bits per heavy atom. The number of carbonyl (C=O) groups is 2. The van der Waals surface area contributed by atoms with Crippen LogP contribution >= 0.6 is 23.5 Å². The van der Waals surface area contributed by atoms with Gasteiger partial charge in [0.15, 0.2) is 0 Å². The Balaban J connectivity index is 1.84. The van der Waals surface area contributed by atoms with Crippen molar-refractivity contribution in [2.24, 2.45) is 0 Å². The topological polar surface area (TPSA) is 101 Å². The van der Waals surface area contributed by atoms with Gasteiger partial charge in [0.25, 0.3) is 16.8 Å². The SMILES string of the molecule is O=C1S/C(=C/c2ccc(SCCO)c([N+](=O)[O-])c2)C(=O)N1Cc1ccccc1F. The number of amides is 2. The van der Waals surface area contributed by atoms with Gasteiger partial charge in [-0.15, -0.1) is 11.8 Å². The first kappa shape index (κ1) is 21.0. The van der Waals surface area contributed by atoms with Gasteiger partial charge in [-0.05, 0) is 35.5 Å². The number of nitro groups is 1. The molecule has 1 fully saturated rings. The van der Waals surface area contributed by atoms with Gasteiger partial charge in [-0.3, -0.25) is 24.6 Å². The molecule has 2 aromatic rings. The molecule has 0 saturated carbocycles. The number of rotatable bonds is 7. The van der Waals surface area contributed by atoms with E-state index < -0.39 is 21.9 Å². The van der Waals surface area contributed by atoms with Crippen LogP contribution in [0.25, 0.3) is 6.08 Å². The minimum Gasteiger partial charge on any atom is -0.396 e. The van der Waals surface area contributed by atoms with Crippen molar-refractivity contribution in [3.05, 3.63) is 74.4 Å². The van der Waals surface area contributed by atoms with Crippen LogP contribution in [0.3, 0.4) is 0 Å². The molecule has 1 saturated heterocycles. The summed E-state index contributed by atoms with van der Waals surface area (Å²) in [7, 11) is 0. The molecule has 0 atom stereocenters. The molecular formula is C19H15FN2O5S2. The maximum absolute atomic E-state index is 13.8. The van der Waals surface area contributed by atoms with Gasteiger partial charge in [0.05, 0.1) is 27.9 Å². The standard InChI is InChI=1S/C19H15FN2O5S2/c20-14-4-2-1-3-13(14)11-21-18(24)17(29-19(21)25)10-12-5-6-16(28-8-7-23)15(9-12)22(26)27/h1-6,9-10,23H,7-8,11H2/b17-10+.